The lowest BCUT2D eigenvalue weighted by molar-refractivity contribution is -0.0509. The van der Waals surface area contributed by atoms with Crippen molar-refractivity contribution in [3.05, 3.63) is 62.5 Å². The molecule has 0 bridgehead atoms. The first-order valence-corrected chi connectivity index (χ1v) is 12.0. The number of nitrogens with one attached hydrogen (secondary N) is 1. The Morgan fingerprint density at radius 2 is 2.11 bits per heavy atom. The van der Waals surface area contributed by atoms with Gasteiger partial charge in [0.25, 0.3) is 5.91 Å². The number of hydrogen-bond donors (Lipinski definition) is 2. The van der Waals surface area contributed by atoms with Gasteiger partial charge in [-0.25, -0.2) is 8.78 Å². The summed E-state index contributed by atoms with van der Waals surface area (Å²) in [4.78, 5) is 27.9. The molecule has 5 heterocycles. The van der Waals surface area contributed by atoms with Crippen molar-refractivity contribution >= 4 is 23.1 Å². The molecule has 10 nitrogen and oxygen atoms in total. The van der Waals surface area contributed by atoms with Gasteiger partial charge in [-0.3, -0.25) is 24.5 Å². The summed E-state index contributed by atoms with van der Waals surface area (Å²) in [5.74, 6) is -3.01. The Bertz CT molecular complexity index is 1510. The molecule has 3 atom stereocenters. The Morgan fingerprint density at radius 1 is 1.31 bits per heavy atom. The van der Waals surface area contributed by atoms with Gasteiger partial charge in [-0.15, -0.1) is 10.2 Å². The molecule has 3 aromatic rings. The quantitative estimate of drug-likeness (QED) is 0.544. The van der Waals surface area contributed by atoms with Crippen LogP contribution in [0.25, 0.3) is 10.6 Å². The number of fused-ring (bicyclic) bond motifs is 4. The molecule has 3 aliphatic rings. The molecule has 6 rings (SSSR count). The Balaban J connectivity index is 1.38. The number of rotatable bonds is 4. The second-order valence-electron chi connectivity index (χ2n) is 8.87. The van der Waals surface area contributed by atoms with Crippen LogP contribution in [0.5, 0.6) is 5.75 Å². The highest BCUT2D eigenvalue weighted by Crippen LogP contribution is 2.43. The molecular weight excluding hydrogens is 496 g/mol. The third-order valence-corrected chi connectivity index (χ3v) is 7.89. The summed E-state index contributed by atoms with van der Waals surface area (Å²) >= 11 is 0.985. The Kier molecular flexibility index (Phi) is 5.07. The molecule has 0 spiro atoms. The molecular formula is C23H19F2N5O5S. The number of hydrogen-bond acceptors (Lipinski definition) is 9. The van der Waals surface area contributed by atoms with Crippen molar-refractivity contribution in [1.82, 2.24) is 19.7 Å². The maximum atomic E-state index is 14.0. The molecule has 36 heavy (non-hydrogen) atoms. The van der Waals surface area contributed by atoms with Crippen LogP contribution < -0.4 is 5.43 Å². The van der Waals surface area contributed by atoms with Crippen LogP contribution >= 0.6 is 11.3 Å². The highest BCUT2D eigenvalue weighted by atomic mass is 32.1. The minimum absolute atomic E-state index is 0.0176. The van der Waals surface area contributed by atoms with E-state index in [-0.39, 0.29) is 47.3 Å². The molecule has 0 aliphatic carbocycles. The number of benzene rings is 1. The number of amides is 1. The maximum Gasteiger partial charge on any atom is 0.277 e. The van der Waals surface area contributed by atoms with Gasteiger partial charge in [-0.2, -0.15) is 0 Å². The minimum atomic E-state index is -1.000. The number of aromatic nitrogens is 3. The van der Waals surface area contributed by atoms with Gasteiger partial charge in [0.1, 0.15) is 22.2 Å². The summed E-state index contributed by atoms with van der Waals surface area (Å²) in [7, 11) is 0. The molecule has 2 fully saturated rings. The van der Waals surface area contributed by atoms with Gasteiger partial charge in [0.05, 0.1) is 24.8 Å². The number of halogens is 2. The van der Waals surface area contributed by atoms with Crippen molar-refractivity contribution in [2.24, 2.45) is 0 Å². The van der Waals surface area contributed by atoms with E-state index in [1.807, 2.05) is 6.92 Å². The van der Waals surface area contributed by atoms with Gasteiger partial charge in [-0.05, 0) is 18.1 Å². The fraction of sp³-hybridized carbons (Fsp3) is 0.348. The molecule has 0 radical (unpaired) electrons. The fourth-order valence-corrected chi connectivity index (χ4v) is 5.86. The highest BCUT2D eigenvalue weighted by Gasteiger charge is 2.61. The molecule has 186 valence electrons. The lowest BCUT2D eigenvalue weighted by atomic mass is 9.94. The fourth-order valence-electron chi connectivity index (χ4n) is 4.99. The first-order valence-electron chi connectivity index (χ1n) is 11.2. The van der Waals surface area contributed by atoms with Crippen molar-refractivity contribution in [1.29, 1.82) is 5.41 Å². The van der Waals surface area contributed by atoms with E-state index in [9.17, 15) is 23.5 Å². The molecule has 1 amide bonds. The van der Waals surface area contributed by atoms with E-state index in [0.29, 0.717) is 11.4 Å². The van der Waals surface area contributed by atoms with Gasteiger partial charge in [0, 0.05) is 18.7 Å². The van der Waals surface area contributed by atoms with E-state index in [1.165, 1.54) is 17.2 Å². The lowest BCUT2D eigenvalue weighted by Crippen LogP contribution is -2.54. The third kappa shape index (κ3) is 3.16. The summed E-state index contributed by atoms with van der Waals surface area (Å²) < 4.78 is 40.1. The Labute approximate surface area is 206 Å². The Morgan fingerprint density at radius 3 is 2.86 bits per heavy atom. The van der Waals surface area contributed by atoms with Crippen LogP contribution in [0, 0.1) is 17.0 Å². The van der Waals surface area contributed by atoms with Gasteiger partial charge in [0.15, 0.2) is 28.5 Å². The van der Waals surface area contributed by atoms with Gasteiger partial charge < -0.3 is 14.6 Å². The van der Waals surface area contributed by atoms with E-state index in [1.54, 1.807) is 0 Å². The van der Waals surface area contributed by atoms with Crippen LogP contribution in [0.2, 0.25) is 0 Å². The van der Waals surface area contributed by atoms with Crippen molar-refractivity contribution in [3.8, 4) is 16.3 Å². The summed E-state index contributed by atoms with van der Waals surface area (Å²) in [6, 6.07) is 2.76. The summed E-state index contributed by atoms with van der Waals surface area (Å²) in [5, 5.41) is 28.0. The zero-order chi connectivity index (χ0) is 25.4. The first kappa shape index (κ1) is 22.9. The number of nitrogens with zero attached hydrogens (tertiary/aromatic N) is 4. The smallest absolute Gasteiger partial charge is 0.277 e. The SMILES string of the molecule is CCC12COC[C@H]1N1C(=O)c3c(O)c(=O)c(-c4nnc(Cc5ccc(F)cc5F)s4)cn3C(=N)C1O2. The number of carbonyl (C=O) groups excluding carboxylic acids is 1. The Hall–Kier alpha value is -3.55. The predicted molar refractivity (Wildman–Crippen MR) is 122 cm³/mol. The van der Waals surface area contributed by atoms with Gasteiger partial charge >= 0.3 is 0 Å². The van der Waals surface area contributed by atoms with Crippen LogP contribution in [-0.4, -0.2) is 67.6 Å². The van der Waals surface area contributed by atoms with Crippen molar-refractivity contribution in [3.63, 3.8) is 0 Å². The van der Waals surface area contributed by atoms with Crippen LogP contribution in [0.15, 0.2) is 29.2 Å². The topological polar surface area (TPSA) is 131 Å². The van der Waals surface area contributed by atoms with E-state index in [2.05, 4.69) is 10.2 Å². The van der Waals surface area contributed by atoms with E-state index in [0.717, 1.165) is 28.0 Å². The zero-order valence-electron chi connectivity index (χ0n) is 18.8. The van der Waals surface area contributed by atoms with E-state index < -0.39 is 46.6 Å². The van der Waals surface area contributed by atoms with Crippen molar-refractivity contribution in [2.45, 2.75) is 37.6 Å². The van der Waals surface area contributed by atoms with Crippen molar-refractivity contribution in [2.75, 3.05) is 13.2 Å². The molecule has 0 saturated carbocycles. The predicted octanol–water partition coefficient (Wildman–Crippen LogP) is 2.13. The largest absolute Gasteiger partial charge is 0.503 e. The number of aromatic hydroxyl groups is 1. The highest BCUT2D eigenvalue weighted by molar-refractivity contribution is 7.14. The number of carbonyl (C=O) groups is 1. The first-order chi connectivity index (χ1) is 17.2. The van der Waals surface area contributed by atoms with E-state index in [4.69, 9.17) is 14.9 Å². The van der Waals surface area contributed by atoms with Crippen LogP contribution in [0.1, 0.15) is 34.4 Å². The van der Waals surface area contributed by atoms with Crippen LogP contribution in [0.3, 0.4) is 0 Å². The summed E-state index contributed by atoms with van der Waals surface area (Å²) in [6.45, 7) is 2.41. The lowest BCUT2D eigenvalue weighted by Gasteiger charge is -2.34. The molecule has 2 aromatic heterocycles. The molecule has 2 unspecified atom stereocenters. The molecule has 3 aliphatic heterocycles. The standard InChI is InChI=1S/C23H19F2N5O5S/c1-2-23-9-34-8-14(23)30-21(33)16-18(32)17(31)12(7-29(16)19(26)22(30)35-23)20-28-27-15(36-20)5-10-3-4-11(24)6-13(10)25/h3-4,6-7,14,22,26,32H,2,5,8-9H2,1H3/t14-,22?,23?/m1/s1. The van der Waals surface area contributed by atoms with Crippen molar-refractivity contribution < 1.29 is 28.2 Å². The van der Waals surface area contributed by atoms with E-state index >= 15 is 0 Å². The second-order valence-corrected chi connectivity index (χ2v) is 9.93. The molecule has 13 heteroatoms. The normalized spacial score (nSPS) is 24.7. The number of pyridine rings is 1. The summed E-state index contributed by atoms with van der Waals surface area (Å²) in [5.41, 5.74) is -1.81. The van der Waals surface area contributed by atoms with Gasteiger partial charge in [-0.1, -0.05) is 24.3 Å². The molecule has 2 N–H and O–H groups in total. The third-order valence-electron chi connectivity index (χ3n) is 6.93. The average Bonchev–Trinajstić information content (AvgIpc) is 3.55. The maximum absolute atomic E-state index is 14.0. The van der Waals surface area contributed by atoms with Crippen LogP contribution in [-0.2, 0) is 15.9 Å². The summed E-state index contributed by atoms with van der Waals surface area (Å²) in [6.07, 6.45) is 0.840. The zero-order valence-corrected chi connectivity index (χ0v) is 19.6. The number of ether oxygens (including phenoxy) is 2. The molecule has 1 aromatic carbocycles. The average molecular weight is 515 g/mol. The second kappa shape index (κ2) is 7.98. The molecule has 2 saturated heterocycles. The van der Waals surface area contributed by atoms with Gasteiger partial charge in [0.2, 0.25) is 5.43 Å². The van der Waals surface area contributed by atoms with Crippen LogP contribution in [0.4, 0.5) is 8.78 Å². The minimum Gasteiger partial charge on any atom is -0.503 e. The monoisotopic (exact) mass is 515 g/mol.